The molecule has 1 unspecified atom stereocenters. The van der Waals surface area contributed by atoms with Crippen LogP contribution in [0.2, 0.25) is 0 Å². The van der Waals surface area contributed by atoms with E-state index in [-0.39, 0.29) is 17.0 Å². The van der Waals surface area contributed by atoms with Crippen LogP contribution in [0.4, 0.5) is 0 Å². The second-order valence-electron chi connectivity index (χ2n) is 5.54. The summed E-state index contributed by atoms with van der Waals surface area (Å²) in [6.07, 6.45) is 1.78. The molecule has 126 valence electrons. The highest BCUT2D eigenvalue weighted by Crippen LogP contribution is 2.36. The third kappa shape index (κ3) is 2.44. The molecule has 4 rings (SSSR count). The maximum Gasteiger partial charge on any atom is 0.274 e. The second-order valence-corrected chi connectivity index (χ2v) is 8.13. The number of hydrogen-bond acceptors (Lipinski definition) is 7. The van der Waals surface area contributed by atoms with Crippen molar-refractivity contribution < 1.29 is 0 Å². The fourth-order valence-corrected chi connectivity index (χ4v) is 5.36. The normalized spacial score (nSPS) is 17.1. The first-order valence-corrected chi connectivity index (χ1v) is 10.2. The molecule has 2 N–H and O–H groups in total. The van der Waals surface area contributed by atoms with Crippen LogP contribution in [0.3, 0.4) is 0 Å². The number of fused-ring (bicyclic) bond motifs is 1. The molecule has 3 aromatic heterocycles. The van der Waals surface area contributed by atoms with E-state index in [9.17, 15) is 15.3 Å². The SMILES string of the molecule is N#CC1=C(N)n2c(sc(=Cc3ccsc3)c2=O)=C(C#N)C1c1ccsc1. The van der Waals surface area contributed by atoms with Crippen LogP contribution >= 0.6 is 34.0 Å². The zero-order chi connectivity index (χ0) is 18.3. The first-order valence-electron chi connectivity index (χ1n) is 7.48. The Bertz CT molecular complexity index is 1280. The lowest BCUT2D eigenvalue weighted by molar-refractivity contribution is 0.908. The molecule has 0 fully saturated rings. The number of nitrogens with two attached hydrogens (primary N) is 1. The molecule has 1 atom stereocenters. The molecular weight excluding hydrogens is 384 g/mol. The van der Waals surface area contributed by atoms with Crippen LogP contribution in [-0.2, 0) is 0 Å². The lowest BCUT2D eigenvalue weighted by Crippen LogP contribution is -2.38. The number of thiazole rings is 1. The molecule has 0 saturated heterocycles. The third-order valence-electron chi connectivity index (χ3n) is 4.11. The molecule has 1 aliphatic heterocycles. The van der Waals surface area contributed by atoms with Crippen molar-refractivity contribution >= 4 is 51.5 Å². The van der Waals surface area contributed by atoms with E-state index in [1.165, 1.54) is 38.6 Å². The van der Waals surface area contributed by atoms with E-state index in [4.69, 9.17) is 5.73 Å². The molecule has 0 amide bonds. The van der Waals surface area contributed by atoms with E-state index in [1.54, 1.807) is 6.08 Å². The summed E-state index contributed by atoms with van der Waals surface area (Å²) in [7, 11) is 0. The van der Waals surface area contributed by atoms with Crippen LogP contribution in [0.1, 0.15) is 17.0 Å². The van der Waals surface area contributed by atoms with Crippen molar-refractivity contribution in [2.24, 2.45) is 5.73 Å². The lowest BCUT2D eigenvalue weighted by atomic mass is 9.86. The molecule has 0 saturated carbocycles. The Morgan fingerprint density at radius 1 is 1.12 bits per heavy atom. The number of rotatable bonds is 2. The Morgan fingerprint density at radius 2 is 1.85 bits per heavy atom. The van der Waals surface area contributed by atoms with E-state index in [0.29, 0.717) is 14.8 Å². The van der Waals surface area contributed by atoms with Crippen molar-refractivity contribution in [1.82, 2.24) is 4.57 Å². The highest BCUT2D eigenvalue weighted by atomic mass is 32.1. The van der Waals surface area contributed by atoms with Gasteiger partial charge in [0.25, 0.3) is 5.56 Å². The van der Waals surface area contributed by atoms with Crippen molar-refractivity contribution in [3.8, 4) is 12.1 Å². The fraction of sp³-hybridized carbons (Fsp3) is 0.0556. The molecule has 26 heavy (non-hydrogen) atoms. The standard InChI is InChI=1S/C18H10N4OS3/c19-6-12-15(11-2-4-25-9-11)13(7-20)18-22(16(12)21)17(23)14(26-18)5-10-1-3-24-8-10/h1-5,8-9,15H,21H2. The highest BCUT2D eigenvalue weighted by Gasteiger charge is 2.32. The lowest BCUT2D eigenvalue weighted by Gasteiger charge is -2.21. The van der Waals surface area contributed by atoms with Crippen molar-refractivity contribution in [2.45, 2.75) is 5.92 Å². The van der Waals surface area contributed by atoms with Crippen LogP contribution in [0, 0.1) is 22.7 Å². The quantitative estimate of drug-likeness (QED) is 0.719. The molecule has 0 radical (unpaired) electrons. The van der Waals surface area contributed by atoms with Gasteiger partial charge in [-0.25, -0.2) is 0 Å². The summed E-state index contributed by atoms with van der Waals surface area (Å²) in [6.45, 7) is 0. The van der Waals surface area contributed by atoms with Crippen LogP contribution < -0.4 is 20.5 Å². The predicted octanol–water partition coefficient (Wildman–Crippen LogP) is 1.98. The smallest absolute Gasteiger partial charge is 0.274 e. The van der Waals surface area contributed by atoms with Gasteiger partial charge in [-0.2, -0.15) is 33.2 Å². The van der Waals surface area contributed by atoms with Crippen molar-refractivity contribution in [3.05, 3.63) is 69.9 Å². The summed E-state index contributed by atoms with van der Waals surface area (Å²) in [6, 6.07) is 8.09. The van der Waals surface area contributed by atoms with Gasteiger partial charge in [0.1, 0.15) is 10.5 Å². The molecule has 8 heteroatoms. The van der Waals surface area contributed by atoms with Crippen LogP contribution in [0.15, 0.2) is 44.0 Å². The van der Waals surface area contributed by atoms with Gasteiger partial charge in [0.15, 0.2) is 0 Å². The van der Waals surface area contributed by atoms with E-state index in [1.807, 2.05) is 33.7 Å². The first-order chi connectivity index (χ1) is 12.7. The van der Waals surface area contributed by atoms with Gasteiger partial charge >= 0.3 is 0 Å². The number of allylic oxidation sites excluding steroid dienone is 1. The zero-order valence-electron chi connectivity index (χ0n) is 13.2. The highest BCUT2D eigenvalue weighted by molar-refractivity contribution is 7.08. The van der Waals surface area contributed by atoms with Crippen LogP contribution in [0.5, 0.6) is 0 Å². The van der Waals surface area contributed by atoms with Gasteiger partial charge in [0.2, 0.25) is 0 Å². The Kier molecular flexibility index (Phi) is 4.09. The molecule has 3 aromatic rings. The van der Waals surface area contributed by atoms with Gasteiger partial charge in [-0.3, -0.25) is 9.36 Å². The van der Waals surface area contributed by atoms with Crippen molar-refractivity contribution in [3.63, 3.8) is 0 Å². The molecule has 0 bridgehead atoms. The molecule has 5 nitrogen and oxygen atoms in total. The minimum atomic E-state index is -0.539. The molecule has 4 heterocycles. The minimum Gasteiger partial charge on any atom is -0.384 e. The van der Waals surface area contributed by atoms with Crippen molar-refractivity contribution in [2.75, 3.05) is 0 Å². The molecule has 0 spiro atoms. The topological polar surface area (TPSA) is 95.6 Å². The van der Waals surface area contributed by atoms with E-state index >= 15 is 0 Å². The number of nitriles is 2. The monoisotopic (exact) mass is 394 g/mol. The molecular formula is C18H10N4OS3. The fourth-order valence-electron chi connectivity index (χ4n) is 2.93. The Labute approximate surface area is 160 Å². The summed E-state index contributed by atoms with van der Waals surface area (Å²) < 4.78 is 2.27. The first kappa shape index (κ1) is 16.6. The second kappa shape index (κ2) is 6.43. The van der Waals surface area contributed by atoms with E-state index < -0.39 is 5.92 Å². The van der Waals surface area contributed by atoms with Gasteiger partial charge in [-0.15, -0.1) is 11.3 Å². The summed E-state index contributed by atoms with van der Waals surface area (Å²) >= 11 is 4.26. The minimum absolute atomic E-state index is 0.101. The van der Waals surface area contributed by atoms with Gasteiger partial charge in [-0.1, -0.05) is 0 Å². The largest absolute Gasteiger partial charge is 0.384 e. The summed E-state index contributed by atoms with van der Waals surface area (Å²) in [4.78, 5) is 12.9. The van der Waals surface area contributed by atoms with Gasteiger partial charge in [0.05, 0.1) is 33.7 Å². The predicted molar refractivity (Wildman–Crippen MR) is 105 cm³/mol. The average Bonchev–Trinajstić information content (AvgIpc) is 3.38. The van der Waals surface area contributed by atoms with Gasteiger partial charge in [-0.05, 0) is 50.9 Å². The average molecular weight is 395 g/mol. The number of aromatic nitrogens is 1. The molecule has 0 aliphatic carbocycles. The van der Waals surface area contributed by atoms with Gasteiger partial charge in [0, 0.05) is 0 Å². The van der Waals surface area contributed by atoms with Gasteiger partial charge < -0.3 is 5.73 Å². The molecule has 0 aromatic carbocycles. The summed E-state index contributed by atoms with van der Waals surface area (Å²) in [5.41, 5.74) is 8.25. The van der Waals surface area contributed by atoms with E-state index in [2.05, 4.69) is 12.1 Å². The Hall–Kier alpha value is -2.91. The number of thiophene rings is 2. The maximum absolute atomic E-state index is 12.9. The summed E-state index contributed by atoms with van der Waals surface area (Å²) in [5.74, 6) is -0.438. The third-order valence-corrected chi connectivity index (χ3v) is 6.62. The van der Waals surface area contributed by atoms with E-state index in [0.717, 1.165) is 11.1 Å². The number of nitrogens with zero attached hydrogens (tertiary/aromatic N) is 3. The van der Waals surface area contributed by atoms with Crippen molar-refractivity contribution in [1.29, 1.82) is 10.5 Å². The number of hydrogen-bond donors (Lipinski definition) is 1. The van der Waals surface area contributed by atoms with Crippen LogP contribution in [-0.4, -0.2) is 4.57 Å². The molecule has 1 aliphatic rings. The summed E-state index contributed by atoms with van der Waals surface area (Å²) in [5, 5.41) is 27.1. The van der Waals surface area contributed by atoms with Crippen LogP contribution in [0.25, 0.3) is 17.5 Å². The Morgan fingerprint density at radius 3 is 2.46 bits per heavy atom. The maximum atomic E-state index is 12.9. The Balaban J connectivity index is 2.11. The zero-order valence-corrected chi connectivity index (χ0v) is 15.6.